The Morgan fingerprint density at radius 1 is 1.08 bits per heavy atom. The second-order valence-corrected chi connectivity index (χ2v) is 4.89. The van der Waals surface area contributed by atoms with Crippen LogP contribution in [0.2, 0.25) is 0 Å². The van der Waals surface area contributed by atoms with Crippen molar-refractivity contribution in [1.29, 1.82) is 0 Å². The zero-order chi connectivity index (χ0) is 17.4. The van der Waals surface area contributed by atoms with Gasteiger partial charge in [-0.15, -0.1) is 0 Å². The van der Waals surface area contributed by atoms with E-state index in [4.69, 9.17) is 9.47 Å². The minimum absolute atomic E-state index is 0.118. The van der Waals surface area contributed by atoms with Gasteiger partial charge in [0.15, 0.2) is 11.5 Å². The predicted octanol–water partition coefficient (Wildman–Crippen LogP) is 1.14. The first-order valence-electron chi connectivity index (χ1n) is 7.30. The molecule has 0 aliphatic heterocycles. The van der Waals surface area contributed by atoms with Crippen molar-refractivity contribution in [2.24, 2.45) is 0 Å². The fourth-order valence-corrected chi connectivity index (χ4v) is 2.01. The maximum Gasteiger partial charge on any atom is 0.251 e. The lowest BCUT2D eigenvalue weighted by molar-refractivity contribution is -0.120. The number of benzene rings is 1. The van der Waals surface area contributed by atoms with E-state index in [0.29, 0.717) is 23.6 Å². The Morgan fingerprint density at radius 2 is 1.88 bits per heavy atom. The molecule has 7 heteroatoms. The third-order valence-corrected chi connectivity index (χ3v) is 3.27. The zero-order valence-electron chi connectivity index (χ0n) is 13.5. The molecule has 2 N–H and O–H groups in total. The number of nitrogens with zero attached hydrogens (tertiary/aromatic N) is 1. The van der Waals surface area contributed by atoms with Gasteiger partial charge >= 0.3 is 0 Å². The SMILES string of the molecule is COc1ccc(C(=O)NCC(=O)NCc2cccnc2)cc1OC. The molecule has 0 bridgehead atoms. The highest BCUT2D eigenvalue weighted by Crippen LogP contribution is 2.27. The lowest BCUT2D eigenvalue weighted by Gasteiger charge is -2.10. The van der Waals surface area contributed by atoms with Gasteiger partial charge in [-0.05, 0) is 29.8 Å². The van der Waals surface area contributed by atoms with Gasteiger partial charge in [0.25, 0.3) is 5.91 Å². The molecule has 0 fully saturated rings. The summed E-state index contributed by atoms with van der Waals surface area (Å²) in [4.78, 5) is 27.8. The Kier molecular flexibility index (Phi) is 6.13. The third kappa shape index (κ3) is 4.70. The summed E-state index contributed by atoms with van der Waals surface area (Å²) in [5.41, 5.74) is 1.27. The van der Waals surface area contributed by atoms with Crippen LogP contribution in [0.3, 0.4) is 0 Å². The number of carbonyl (C=O) groups excluding carboxylic acids is 2. The molecule has 1 aromatic carbocycles. The van der Waals surface area contributed by atoms with Crippen LogP contribution in [0.25, 0.3) is 0 Å². The molecule has 126 valence electrons. The smallest absolute Gasteiger partial charge is 0.251 e. The van der Waals surface area contributed by atoms with Gasteiger partial charge in [0.05, 0.1) is 20.8 Å². The molecule has 1 heterocycles. The minimum Gasteiger partial charge on any atom is -0.493 e. The van der Waals surface area contributed by atoms with Crippen LogP contribution in [0.5, 0.6) is 11.5 Å². The number of methoxy groups -OCH3 is 2. The van der Waals surface area contributed by atoms with Crippen LogP contribution in [-0.4, -0.2) is 37.6 Å². The molecule has 0 saturated carbocycles. The number of pyridine rings is 1. The second-order valence-electron chi connectivity index (χ2n) is 4.89. The van der Waals surface area contributed by atoms with Crippen molar-refractivity contribution in [2.45, 2.75) is 6.54 Å². The second kappa shape index (κ2) is 8.52. The Bertz CT molecular complexity index is 704. The summed E-state index contributed by atoms with van der Waals surface area (Å²) >= 11 is 0. The highest BCUT2D eigenvalue weighted by atomic mass is 16.5. The monoisotopic (exact) mass is 329 g/mol. The molecule has 24 heavy (non-hydrogen) atoms. The van der Waals surface area contributed by atoms with Crippen molar-refractivity contribution in [3.8, 4) is 11.5 Å². The van der Waals surface area contributed by atoms with E-state index in [1.165, 1.54) is 14.2 Å². The number of carbonyl (C=O) groups is 2. The van der Waals surface area contributed by atoms with Gasteiger partial charge in [-0.1, -0.05) is 6.07 Å². The van der Waals surface area contributed by atoms with Crippen molar-refractivity contribution in [1.82, 2.24) is 15.6 Å². The van der Waals surface area contributed by atoms with Gasteiger partial charge in [0, 0.05) is 24.5 Å². The molecule has 2 rings (SSSR count). The third-order valence-electron chi connectivity index (χ3n) is 3.27. The molecule has 0 aliphatic rings. The largest absolute Gasteiger partial charge is 0.493 e. The molecule has 0 atom stereocenters. The maximum absolute atomic E-state index is 12.1. The normalized spacial score (nSPS) is 9.92. The first kappa shape index (κ1) is 17.3. The van der Waals surface area contributed by atoms with Gasteiger partial charge in [-0.25, -0.2) is 0 Å². The summed E-state index contributed by atoms with van der Waals surface area (Å²) in [5.74, 6) is 0.328. The van der Waals surface area contributed by atoms with Crippen LogP contribution in [-0.2, 0) is 11.3 Å². The number of amides is 2. The molecule has 0 spiro atoms. The molecule has 7 nitrogen and oxygen atoms in total. The number of rotatable bonds is 7. The quantitative estimate of drug-likeness (QED) is 0.795. The van der Waals surface area contributed by atoms with E-state index in [-0.39, 0.29) is 18.4 Å². The highest BCUT2D eigenvalue weighted by molar-refractivity contribution is 5.97. The number of ether oxygens (including phenoxy) is 2. The predicted molar refractivity (Wildman–Crippen MR) is 88.0 cm³/mol. The maximum atomic E-state index is 12.1. The van der Waals surface area contributed by atoms with Crippen LogP contribution < -0.4 is 20.1 Å². The lowest BCUT2D eigenvalue weighted by Crippen LogP contribution is -2.36. The molecule has 0 unspecified atom stereocenters. The van der Waals surface area contributed by atoms with Gasteiger partial charge in [0.2, 0.25) is 5.91 Å². The summed E-state index contributed by atoms with van der Waals surface area (Å²) in [6, 6.07) is 8.44. The number of aromatic nitrogens is 1. The van der Waals surface area contributed by atoms with Crippen LogP contribution >= 0.6 is 0 Å². The molecule has 1 aromatic heterocycles. The van der Waals surface area contributed by atoms with E-state index < -0.39 is 0 Å². The fraction of sp³-hybridized carbons (Fsp3) is 0.235. The Balaban J connectivity index is 1.85. The minimum atomic E-state index is -0.368. The van der Waals surface area contributed by atoms with Crippen molar-refractivity contribution in [3.05, 3.63) is 53.9 Å². The van der Waals surface area contributed by atoms with Crippen molar-refractivity contribution in [2.75, 3.05) is 20.8 Å². The zero-order valence-corrected chi connectivity index (χ0v) is 13.5. The molecule has 0 saturated heterocycles. The first-order valence-corrected chi connectivity index (χ1v) is 7.30. The van der Waals surface area contributed by atoms with Crippen LogP contribution in [0.15, 0.2) is 42.7 Å². The molecule has 2 aromatic rings. The molecule has 2 amide bonds. The van der Waals surface area contributed by atoms with Crippen molar-refractivity contribution >= 4 is 11.8 Å². The Hall–Kier alpha value is -3.09. The van der Waals surface area contributed by atoms with Gasteiger partial charge < -0.3 is 20.1 Å². The van der Waals surface area contributed by atoms with Gasteiger partial charge in [-0.2, -0.15) is 0 Å². The summed E-state index contributed by atoms with van der Waals surface area (Å²) in [6.45, 7) is 0.242. The average molecular weight is 329 g/mol. The van der Waals surface area contributed by atoms with E-state index in [1.54, 1.807) is 36.7 Å². The van der Waals surface area contributed by atoms with E-state index in [9.17, 15) is 9.59 Å². The number of nitrogens with one attached hydrogen (secondary N) is 2. The number of hydrogen-bond acceptors (Lipinski definition) is 5. The molecular weight excluding hydrogens is 310 g/mol. The Morgan fingerprint density at radius 3 is 2.54 bits per heavy atom. The van der Waals surface area contributed by atoms with E-state index >= 15 is 0 Å². The van der Waals surface area contributed by atoms with Crippen LogP contribution in [0, 0.1) is 0 Å². The molecule has 0 aliphatic carbocycles. The van der Waals surface area contributed by atoms with Gasteiger partial charge in [-0.3, -0.25) is 14.6 Å². The fourth-order valence-electron chi connectivity index (χ4n) is 2.01. The van der Waals surface area contributed by atoms with E-state index in [1.807, 2.05) is 6.07 Å². The van der Waals surface area contributed by atoms with Gasteiger partial charge in [0.1, 0.15) is 0 Å². The standard InChI is InChI=1S/C17H19N3O4/c1-23-14-6-5-13(8-15(14)24-2)17(22)20-11-16(21)19-10-12-4-3-7-18-9-12/h3-9H,10-11H2,1-2H3,(H,19,21)(H,20,22). The molecular formula is C17H19N3O4. The summed E-state index contributed by atoms with van der Waals surface area (Å²) in [5, 5.41) is 5.27. The average Bonchev–Trinajstić information content (AvgIpc) is 2.64. The lowest BCUT2D eigenvalue weighted by atomic mass is 10.2. The van der Waals surface area contributed by atoms with E-state index in [0.717, 1.165) is 5.56 Å². The Labute approximate surface area is 140 Å². The summed E-state index contributed by atoms with van der Waals surface area (Å²) in [7, 11) is 3.01. The summed E-state index contributed by atoms with van der Waals surface area (Å²) in [6.07, 6.45) is 3.33. The first-order chi connectivity index (χ1) is 11.6. The van der Waals surface area contributed by atoms with Crippen molar-refractivity contribution < 1.29 is 19.1 Å². The number of hydrogen-bond donors (Lipinski definition) is 2. The highest BCUT2D eigenvalue weighted by Gasteiger charge is 2.11. The van der Waals surface area contributed by atoms with Crippen LogP contribution in [0.4, 0.5) is 0 Å². The van der Waals surface area contributed by atoms with E-state index in [2.05, 4.69) is 15.6 Å². The van der Waals surface area contributed by atoms with Crippen molar-refractivity contribution in [3.63, 3.8) is 0 Å². The topological polar surface area (TPSA) is 89.5 Å². The summed E-state index contributed by atoms with van der Waals surface area (Å²) < 4.78 is 10.3. The molecule has 0 radical (unpaired) electrons. The van der Waals surface area contributed by atoms with Crippen LogP contribution in [0.1, 0.15) is 15.9 Å².